The predicted octanol–water partition coefficient (Wildman–Crippen LogP) is 1.63. The van der Waals surface area contributed by atoms with Crippen molar-refractivity contribution in [3.63, 3.8) is 0 Å². The second-order valence-corrected chi connectivity index (χ2v) is 6.26. The number of hydrogen-bond donors (Lipinski definition) is 3. The third kappa shape index (κ3) is 3.93. The molecule has 0 heterocycles. The van der Waals surface area contributed by atoms with Crippen LogP contribution in [0.3, 0.4) is 0 Å². The van der Waals surface area contributed by atoms with Crippen LogP contribution in [0.5, 0.6) is 5.75 Å². The summed E-state index contributed by atoms with van der Waals surface area (Å²) in [5.74, 6) is -0.618. The van der Waals surface area contributed by atoms with Crippen LogP contribution < -0.4 is 10.5 Å². The van der Waals surface area contributed by atoms with Crippen LogP contribution in [0.4, 0.5) is 10.1 Å². The van der Waals surface area contributed by atoms with Gasteiger partial charge in [0.25, 0.3) is 0 Å². The molecule has 2 rings (SSSR count). The number of hydrogen-bond acceptors (Lipinski definition) is 4. The van der Waals surface area contributed by atoms with Gasteiger partial charge in [-0.2, -0.15) is 0 Å². The molecule has 112 valence electrons. The quantitative estimate of drug-likeness (QED) is 0.732. The molecule has 2 aromatic rings. The van der Waals surface area contributed by atoms with Crippen LogP contribution in [0.2, 0.25) is 0 Å². The molecule has 0 aliphatic heterocycles. The number of aromatic hydroxyl groups is 1. The Bertz CT molecular complexity index is 730. The highest BCUT2D eigenvalue weighted by Crippen LogP contribution is 2.16. The first-order valence-electron chi connectivity index (χ1n) is 6.21. The summed E-state index contributed by atoms with van der Waals surface area (Å²) in [5.41, 5.74) is 6.08. The number of phenols is 1. The molecule has 4 N–H and O–H groups in total. The van der Waals surface area contributed by atoms with E-state index in [1.807, 2.05) is 0 Å². The van der Waals surface area contributed by atoms with Gasteiger partial charge in [-0.05, 0) is 42.3 Å². The summed E-state index contributed by atoms with van der Waals surface area (Å²) in [6.07, 6.45) is 0.455. The van der Waals surface area contributed by atoms with Gasteiger partial charge in [0, 0.05) is 6.54 Å². The van der Waals surface area contributed by atoms with Gasteiger partial charge in [0.2, 0.25) is 10.0 Å². The summed E-state index contributed by atoms with van der Waals surface area (Å²) < 4.78 is 39.6. The van der Waals surface area contributed by atoms with Crippen LogP contribution in [0, 0.1) is 5.82 Å². The van der Waals surface area contributed by atoms with Gasteiger partial charge in [0.1, 0.15) is 11.6 Å². The molecule has 0 atom stereocenters. The van der Waals surface area contributed by atoms with Gasteiger partial charge in [-0.15, -0.1) is 0 Å². The average Bonchev–Trinajstić information content (AvgIpc) is 2.44. The van der Waals surface area contributed by atoms with E-state index in [0.717, 1.165) is 11.6 Å². The summed E-state index contributed by atoms with van der Waals surface area (Å²) in [7, 11) is -3.77. The Morgan fingerprint density at radius 3 is 2.43 bits per heavy atom. The fraction of sp³-hybridized carbons (Fsp3) is 0.143. The second kappa shape index (κ2) is 6.11. The first kappa shape index (κ1) is 15.3. The summed E-state index contributed by atoms with van der Waals surface area (Å²) in [5, 5.41) is 9.15. The molecule has 0 aliphatic rings. The van der Waals surface area contributed by atoms with E-state index >= 15 is 0 Å². The van der Waals surface area contributed by atoms with Crippen molar-refractivity contribution in [2.75, 3.05) is 12.3 Å². The van der Waals surface area contributed by atoms with Crippen LogP contribution in [-0.4, -0.2) is 20.1 Å². The lowest BCUT2D eigenvalue weighted by Gasteiger charge is -2.08. The number of nitrogens with one attached hydrogen (secondary N) is 1. The average molecular weight is 310 g/mol. The van der Waals surface area contributed by atoms with E-state index in [-0.39, 0.29) is 22.9 Å². The van der Waals surface area contributed by atoms with E-state index in [1.165, 1.54) is 24.3 Å². The maximum absolute atomic E-state index is 13.3. The molecule has 0 radical (unpaired) electrons. The van der Waals surface area contributed by atoms with Crippen LogP contribution in [-0.2, 0) is 16.4 Å². The molecule has 7 heteroatoms. The van der Waals surface area contributed by atoms with E-state index in [2.05, 4.69) is 4.72 Å². The zero-order valence-electron chi connectivity index (χ0n) is 11.1. The fourth-order valence-electron chi connectivity index (χ4n) is 1.75. The van der Waals surface area contributed by atoms with Crippen molar-refractivity contribution >= 4 is 15.7 Å². The molecule has 21 heavy (non-hydrogen) atoms. The summed E-state index contributed by atoms with van der Waals surface area (Å²) >= 11 is 0. The van der Waals surface area contributed by atoms with Crippen LogP contribution in [0.1, 0.15) is 5.56 Å². The standard InChI is InChI=1S/C14H15FN2O3S/c15-13-9-12(5-6-14(13)16)21(19,20)17-8-7-10-1-3-11(18)4-2-10/h1-6,9,17-18H,7-8,16H2. The minimum absolute atomic E-state index is 0.0990. The highest BCUT2D eigenvalue weighted by atomic mass is 32.2. The zero-order chi connectivity index (χ0) is 15.5. The minimum Gasteiger partial charge on any atom is -0.508 e. The maximum atomic E-state index is 13.3. The summed E-state index contributed by atoms with van der Waals surface area (Å²) in [4.78, 5) is -0.167. The number of sulfonamides is 1. The van der Waals surface area contributed by atoms with E-state index in [0.29, 0.717) is 6.42 Å². The molecule has 0 amide bonds. The van der Waals surface area contributed by atoms with Crippen molar-refractivity contribution < 1.29 is 17.9 Å². The summed E-state index contributed by atoms with van der Waals surface area (Å²) in [6.45, 7) is 0.166. The highest BCUT2D eigenvalue weighted by molar-refractivity contribution is 7.89. The van der Waals surface area contributed by atoms with Crippen molar-refractivity contribution in [3.05, 3.63) is 53.8 Å². The van der Waals surface area contributed by atoms with Crippen molar-refractivity contribution in [1.82, 2.24) is 4.72 Å². The Labute approximate surface area is 122 Å². The molecule has 5 nitrogen and oxygen atoms in total. The van der Waals surface area contributed by atoms with Crippen LogP contribution >= 0.6 is 0 Å². The van der Waals surface area contributed by atoms with Gasteiger partial charge in [-0.25, -0.2) is 17.5 Å². The Balaban J connectivity index is 2.01. The number of anilines is 1. The van der Waals surface area contributed by atoms with Gasteiger partial charge < -0.3 is 10.8 Å². The number of nitrogen functional groups attached to an aromatic ring is 1. The predicted molar refractivity (Wildman–Crippen MR) is 77.8 cm³/mol. The molecule has 0 saturated carbocycles. The molecular weight excluding hydrogens is 295 g/mol. The lowest BCUT2D eigenvalue weighted by Crippen LogP contribution is -2.26. The number of halogens is 1. The molecule has 0 aromatic heterocycles. The number of benzene rings is 2. The Kier molecular flexibility index (Phi) is 4.44. The third-order valence-corrected chi connectivity index (χ3v) is 4.38. The molecule has 2 aromatic carbocycles. The van der Waals surface area contributed by atoms with Gasteiger partial charge >= 0.3 is 0 Å². The Hall–Kier alpha value is -2.12. The SMILES string of the molecule is Nc1ccc(S(=O)(=O)NCCc2ccc(O)cc2)cc1F. The number of phenolic OH excluding ortho intramolecular Hbond substituents is 1. The van der Waals surface area contributed by atoms with Crippen molar-refractivity contribution in [2.24, 2.45) is 0 Å². The van der Waals surface area contributed by atoms with Gasteiger partial charge in [-0.1, -0.05) is 12.1 Å². The third-order valence-electron chi connectivity index (χ3n) is 2.92. The molecule has 0 unspecified atom stereocenters. The molecule has 0 bridgehead atoms. The first-order chi connectivity index (χ1) is 9.88. The van der Waals surface area contributed by atoms with Crippen LogP contribution in [0.25, 0.3) is 0 Å². The monoisotopic (exact) mass is 310 g/mol. The van der Waals surface area contributed by atoms with E-state index in [4.69, 9.17) is 10.8 Å². The van der Waals surface area contributed by atoms with Crippen molar-refractivity contribution in [2.45, 2.75) is 11.3 Å². The Morgan fingerprint density at radius 2 is 1.81 bits per heavy atom. The van der Waals surface area contributed by atoms with E-state index < -0.39 is 15.8 Å². The number of nitrogens with two attached hydrogens (primary N) is 1. The highest BCUT2D eigenvalue weighted by Gasteiger charge is 2.15. The zero-order valence-corrected chi connectivity index (χ0v) is 11.9. The van der Waals surface area contributed by atoms with Crippen molar-refractivity contribution in [3.8, 4) is 5.75 Å². The lowest BCUT2D eigenvalue weighted by molar-refractivity contribution is 0.475. The maximum Gasteiger partial charge on any atom is 0.240 e. The smallest absolute Gasteiger partial charge is 0.240 e. The Morgan fingerprint density at radius 1 is 1.14 bits per heavy atom. The van der Waals surface area contributed by atoms with Gasteiger partial charge in [0.05, 0.1) is 10.6 Å². The topological polar surface area (TPSA) is 92.4 Å². The van der Waals surface area contributed by atoms with Gasteiger partial charge in [-0.3, -0.25) is 0 Å². The first-order valence-corrected chi connectivity index (χ1v) is 7.69. The molecule has 0 spiro atoms. The second-order valence-electron chi connectivity index (χ2n) is 4.50. The molecule has 0 saturated heterocycles. The molecular formula is C14H15FN2O3S. The van der Waals surface area contributed by atoms with E-state index in [9.17, 15) is 12.8 Å². The van der Waals surface area contributed by atoms with E-state index in [1.54, 1.807) is 12.1 Å². The largest absolute Gasteiger partial charge is 0.508 e. The number of rotatable bonds is 5. The summed E-state index contributed by atoms with van der Waals surface area (Å²) in [6, 6.07) is 9.81. The van der Waals surface area contributed by atoms with Crippen molar-refractivity contribution in [1.29, 1.82) is 0 Å². The normalized spacial score (nSPS) is 11.5. The fourth-order valence-corrected chi connectivity index (χ4v) is 2.79. The van der Waals surface area contributed by atoms with Crippen LogP contribution in [0.15, 0.2) is 47.4 Å². The van der Waals surface area contributed by atoms with Gasteiger partial charge in [0.15, 0.2) is 0 Å². The molecule has 0 fully saturated rings. The minimum atomic E-state index is -3.77. The lowest BCUT2D eigenvalue weighted by atomic mass is 10.1. The molecule has 0 aliphatic carbocycles.